The zero-order valence-corrected chi connectivity index (χ0v) is 22.8. The quantitative estimate of drug-likeness (QED) is 0.299. The molecule has 0 spiro atoms. The Morgan fingerprint density at radius 1 is 1.44 bits per heavy atom. The minimum Gasteiger partial charge on any atom is -0.534 e. The highest BCUT2D eigenvalue weighted by molar-refractivity contribution is 8.02. The first-order valence-electron chi connectivity index (χ1n) is 11.8. The van der Waals surface area contributed by atoms with Gasteiger partial charge in [0.15, 0.2) is 11.2 Å². The number of hydrogen-bond acceptors (Lipinski definition) is 8. The molecule has 4 unspecified atom stereocenters. The van der Waals surface area contributed by atoms with E-state index in [9.17, 15) is 14.1 Å². The van der Waals surface area contributed by atoms with Gasteiger partial charge in [-0.1, -0.05) is 56.7 Å². The zero-order valence-electron chi connectivity index (χ0n) is 21.2. The third-order valence-corrected chi connectivity index (χ3v) is 8.09. The smallest absolute Gasteiger partial charge is 0.534 e. The van der Waals surface area contributed by atoms with Crippen molar-refractivity contribution in [2.45, 2.75) is 50.1 Å². The number of hydrogen-bond donors (Lipinski definition) is 5. The van der Waals surface area contributed by atoms with Gasteiger partial charge in [0.25, 0.3) is 0 Å². The van der Waals surface area contributed by atoms with Crippen LogP contribution in [-0.4, -0.2) is 65.4 Å². The van der Waals surface area contributed by atoms with Crippen molar-refractivity contribution in [1.82, 2.24) is 19.7 Å². The van der Waals surface area contributed by atoms with Gasteiger partial charge in [-0.15, -0.1) is 0 Å². The molecule has 1 saturated carbocycles. The Morgan fingerprint density at radius 3 is 2.64 bits per heavy atom. The summed E-state index contributed by atoms with van der Waals surface area (Å²) in [6.07, 6.45) is 4.92. The van der Waals surface area contributed by atoms with E-state index in [4.69, 9.17) is 15.0 Å². The van der Waals surface area contributed by atoms with Crippen LogP contribution in [0.5, 0.6) is 5.75 Å². The van der Waals surface area contributed by atoms with E-state index in [1.165, 1.54) is 48.5 Å². The first kappa shape index (κ1) is 28.5. The molecule has 4 rings (SSSR count). The number of carboxylic acid groups (broad SMARTS) is 1. The second-order valence-corrected chi connectivity index (χ2v) is 11.7. The molecule has 10 nitrogen and oxygen atoms in total. The number of para-hydroxylation sites is 1. The molecule has 2 heterocycles. The summed E-state index contributed by atoms with van der Waals surface area (Å²) < 4.78 is 28.3. The van der Waals surface area contributed by atoms with Crippen molar-refractivity contribution in [3.05, 3.63) is 52.7 Å². The zero-order chi connectivity index (χ0) is 26.4. The Balaban J connectivity index is 0.000000642. The van der Waals surface area contributed by atoms with E-state index < -0.39 is 30.3 Å². The molecule has 1 aromatic carbocycles. The minimum absolute atomic E-state index is 0.0871. The monoisotopic (exact) mass is 537 g/mol. The molecule has 4 atom stereocenters. The number of carbonyl (C=O) groups is 1. The maximum atomic E-state index is 12.4. The van der Waals surface area contributed by atoms with E-state index in [1.807, 2.05) is 11.5 Å². The second-order valence-electron chi connectivity index (χ2n) is 9.22. The molecule has 6 N–H and O–H groups in total. The predicted octanol–water partition coefficient (Wildman–Crippen LogP) is 1.79. The summed E-state index contributed by atoms with van der Waals surface area (Å²) in [5, 5.41) is 17.7. The van der Waals surface area contributed by atoms with Crippen molar-refractivity contribution in [2.75, 3.05) is 21.2 Å². The van der Waals surface area contributed by atoms with Crippen molar-refractivity contribution in [1.29, 1.82) is 0 Å². The lowest BCUT2D eigenvalue weighted by molar-refractivity contribution is 0.0694. The highest BCUT2D eigenvalue weighted by Crippen LogP contribution is 2.31. The maximum Gasteiger partial charge on any atom is 0.549 e. The summed E-state index contributed by atoms with van der Waals surface area (Å²) in [5.74, 6) is -0.0491. The number of thioether (sulfide) groups is 1. The van der Waals surface area contributed by atoms with Gasteiger partial charge >= 0.3 is 13.1 Å². The molecule has 0 aromatic heterocycles. The fourth-order valence-electron chi connectivity index (χ4n) is 3.91. The summed E-state index contributed by atoms with van der Waals surface area (Å²) >= 11 is -0.0567. The van der Waals surface area contributed by atoms with E-state index in [-0.39, 0.29) is 17.0 Å². The minimum atomic E-state index is -1.47. The van der Waals surface area contributed by atoms with Gasteiger partial charge in [0.2, 0.25) is 0 Å². The number of fused-ring (bicyclic) bond motifs is 1. The van der Waals surface area contributed by atoms with Gasteiger partial charge in [-0.05, 0) is 29.4 Å². The van der Waals surface area contributed by atoms with E-state index in [1.54, 1.807) is 20.2 Å². The summed E-state index contributed by atoms with van der Waals surface area (Å²) in [6.45, 7) is 6.45. The SMILES string of the molecule is C=C(NC1Cc2cccc(C(=O)O)c2OB1OC)C(NS(=O)N(C)C)C1=CSC(N)N1.CC1CCC1. The van der Waals surface area contributed by atoms with Crippen molar-refractivity contribution < 1.29 is 23.4 Å². The van der Waals surface area contributed by atoms with Gasteiger partial charge in [0, 0.05) is 32.6 Å². The Kier molecular flexibility index (Phi) is 10.3. The second kappa shape index (κ2) is 13.0. The number of rotatable bonds is 9. The van der Waals surface area contributed by atoms with Crippen LogP contribution in [-0.2, 0) is 22.2 Å². The van der Waals surface area contributed by atoms with Crippen LogP contribution in [0.2, 0.25) is 0 Å². The highest BCUT2D eigenvalue weighted by Gasteiger charge is 2.40. The lowest BCUT2D eigenvalue weighted by Gasteiger charge is -2.34. The summed E-state index contributed by atoms with van der Waals surface area (Å²) in [5.41, 5.74) is 7.73. The Hall–Kier alpha value is -2.03. The van der Waals surface area contributed by atoms with Gasteiger partial charge in [-0.25, -0.2) is 18.0 Å². The van der Waals surface area contributed by atoms with Crippen molar-refractivity contribution in [3.8, 4) is 5.75 Å². The molecular weight excluding hydrogens is 501 g/mol. The van der Waals surface area contributed by atoms with Crippen LogP contribution in [0.1, 0.15) is 42.1 Å². The fraction of sp³-hybridized carbons (Fsp3) is 0.522. The lowest BCUT2D eigenvalue weighted by Crippen LogP contribution is -2.55. The Labute approximate surface area is 220 Å². The molecular formula is C23H36BN5O5S2. The topological polar surface area (TPSA) is 138 Å². The average molecular weight is 538 g/mol. The molecule has 0 bridgehead atoms. The molecule has 36 heavy (non-hydrogen) atoms. The van der Waals surface area contributed by atoms with E-state index in [0.29, 0.717) is 17.9 Å². The van der Waals surface area contributed by atoms with Crippen LogP contribution < -0.4 is 25.7 Å². The molecule has 2 aliphatic heterocycles. The summed E-state index contributed by atoms with van der Waals surface area (Å²) in [4.78, 5) is 11.5. The van der Waals surface area contributed by atoms with Crippen LogP contribution in [0.4, 0.5) is 0 Å². The molecule has 0 radical (unpaired) electrons. The van der Waals surface area contributed by atoms with Gasteiger partial charge < -0.3 is 30.8 Å². The number of carboxylic acids is 1. The van der Waals surface area contributed by atoms with Gasteiger partial charge in [-0.2, -0.15) is 0 Å². The molecule has 198 valence electrons. The van der Waals surface area contributed by atoms with Crippen LogP contribution in [0.25, 0.3) is 0 Å². The first-order chi connectivity index (χ1) is 17.1. The van der Waals surface area contributed by atoms with E-state index >= 15 is 0 Å². The average Bonchev–Trinajstić information content (AvgIpc) is 3.25. The van der Waals surface area contributed by atoms with Gasteiger partial charge in [0.1, 0.15) is 11.2 Å². The standard InChI is InChI=1S/C18H26BN5O5S2.C5H10/c1-10(15(23-31(27)24(2)3)13-9-30-18(20)22-13)21-14-8-11-6-5-7-12(17(25)26)16(11)29-19(14)28-4;1-5-3-2-4-5/h5-7,9,14-15,18,21-23H,1,8,20H2,2-4H3,(H,25,26);5H,2-4H2,1H3. The molecule has 13 heteroatoms. The van der Waals surface area contributed by atoms with Crippen LogP contribution in [0.15, 0.2) is 41.6 Å². The number of aromatic carboxylic acids is 1. The third-order valence-electron chi connectivity index (χ3n) is 6.19. The Bertz CT molecular complexity index is 1010. The lowest BCUT2D eigenvalue weighted by atomic mass is 9.71. The van der Waals surface area contributed by atoms with Crippen molar-refractivity contribution in [2.24, 2.45) is 11.7 Å². The van der Waals surface area contributed by atoms with E-state index in [0.717, 1.165) is 17.2 Å². The summed E-state index contributed by atoms with van der Waals surface area (Å²) in [7, 11) is 4.14. The number of nitrogens with zero attached hydrogens (tertiary/aromatic N) is 1. The summed E-state index contributed by atoms with van der Waals surface area (Å²) in [6, 6.07) is 4.48. The molecule has 1 fully saturated rings. The molecule has 1 aliphatic carbocycles. The molecule has 3 aliphatic rings. The molecule has 1 aromatic rings. The van der Waals surface area contributed by atoms with Crippen LogP contribution in [0, 0.1) is 5.92 Å². The van der Waals surface area contributed by atoms with Gasteiger partial charge in [-0.3, -0.25) is 0 Å². The molecule has 0 amide bonds. The first-order valence-corrected chi connectivity index (χ1v) is 13.9. The Morgan fingerprint density at radius 2 is 2.14 bits per heavy atom. The van der Waals surface area contributed by atoms with Crippen molar-refractivity contribution >= 4 is 36.0 Å². The van der Waals surface area contributed by atoms with Crippen LogP contribution in [0.3, 0.4) is 0 Å². The van der Waals surface area contributed by atoms with E-state index in [2.05, 4.69) is 28.9 Å². The fourth-order valence-corrected chi connectivity index (χ4v) is 5.29. The largest absolute Gasteiger partial charge is 0.549 e. The maximum absolute atomic E-state index is 12.4. The predicted molar refractivity (Wildman–Crippen MR) is 145 cm³/mol. The van der Waals surface area contributed by atoms with Crippen LogP contribution >= 0.6 is 11.8 Å². The normalized spacial score (nSPS) is 22.6. The third kappa shape index (κ3) is 7.27. The number of benzene rings is 1. The van der Waals surface area contributed by atoms with Gasteiger partial charge in [0.05, 0.1) is 17.5 Å². The van der Waals surface area contributed by atoms with Crippen molar-refractivity contribution in [3.63, 3.8) is 0 Å². The number of nitrogens with one attached hydrogen (secondary N) is 3. The number of nitrogens with two attached hydrogens (primary N) is 1. The highest BCUT2D eigenvalue weighted by atomic mass is 32.2. The molecule has 0 saturated heterocycles.